The van der Waals surface area contributed by atoms with E-state index in [1.165, 1.54) is 17.7 Å². The van der Waals surface area contributed by atoms with E-state index in [0.717, 1.165) is 6.54 Å². The predicted molar refractivity (Wildman–Crippen MR) is 72.2 cm³/mol. The summed E-state index contributed by atoms with van der Waals surface area (Å²) in [5.41, 5.74) is 5.93. The number of ether oxygens (including phenoxy) is 1. The molecular weight excluding hydrogens is 232 g/mol. The Labute approximate surface area is 108 Å². The molecule has 17 heavy (non-hydrogen) atoms. The van der Waals surface area contributed by atoms with Crippen LogP contribution in [0, 0.1) is 0 Å². The maximum atomic E-state index is 5.97. The lowest BCUT2D eigenvalue weighted by Gasteiger charge is -2.40. The van der Waals surface area contributed by atoms with Crippen molar-refractivity contribution in [2.75, 3.05) is 20.3 Å². The maximum Gasteiger partial charge on any atom is 0.0656 e. The van der Waals surface area contributed by atoms with Crippen molar-refractivity contribution in [3.8, 4) is 0 Å². The van der Waals surface area contributed by atoms with Crippen LogP contribution in [0.1, 0.15) is 24.6 Å². The second-order valence-electron chi connectivity index (χ2n) is 5.07. The third-order valence-electron chi connectivity index (χ3n) is 3.48. The molecule has 3 nitrogen and oxygen atoms in total. The first-order valence-electron chi connectivity index (χ1n) is 6.18. The van der Waals surface area contributed by atoms with Gasteiger partial charge in [0.2, 0.25) is 0 Å². The van der Waals surface area contributed by atoms with Gasteiger partial charge in [-0.05, 0) is 31.2 Å². The van der Waals surface area contributed by atoms with Crippen LogP contribution in [0.5, 0.6) is 0 Å². The van der Waals surface area contributed by atoms with Crippen molar-refractivity contribution >= 4 is 11.3 Å². The van der Waals surface area contributed by atoms with Crippen molar-refractivity contribution in [1.29, 1.82) is 0 Å². The largest absolute Gasteiger partial charge is 0.383 e. The molecule has 0 bridgehead atoms. The molecule has 1 saturated carbocycles. The van der Waals surface area contributed by atoms with Crippen molar-refractivity contribution in [1.82, 2.24) is 4.90 Å². The number of nitrogens with zero attached hydrogens (tertiary/aromatic N) is 1. The third kappa shape index (κ3) is 3.07. The number of thiophene rings is 1. The van der Waals surface area contributed by atoms with Gasteiger partial charge in [-0.25, -0.2) is 0 Å². The van der Waals surface area contributed by atoms with E-state index in [0.29, 0.717) is 19.2 Å². The lowest BCUT2D eigenvalue weighted by molar-refractivity contribution is 0.0164. The molecule has 1 aliphatic rings. The first-order valence-corrected chi connectivity index (χ1v) is 7.06. The van der Waals surface area contributed by atoms with Crippen LogP contribution in [0.3, 0.4) is 0 Å². The zero-order chi connectivity index (χ0) is 12.3. The van der Waals surface area contributed by atoms with Crippen LogP contribution in [-0.4, -0.2) is 36.7 Å². The molecule has 2 N–H and O–H groups in total. The first kappa shape index (κ1) is 13.0. The summed E-state index contributed by atoms with van der Waals surface area (Å²) >= 11 is 1.82. The predicted octanol–water partition coefficient (Wildman–Crippen LogP) is 2.08. The fourth-order valence-electron chi connectivity index (χ4n) is 2.29. The first-order chi connectivity index (χ1) is 8.19. The molecule has 1 heterocycles. The van der Waals surface area contributed by atoms with E-state index in [9.17, 15) is 0 Å². The van der Waals surface area contributed by atoms with E-state index in [1.807, 2.05) is 11.3 Å². The lowest BCUT2D eigenvalue weighted by atomic mass is 10.0. The Bertz CT molecular complexity index is 337. The zero-order valence-electron chi connectivity index (χ0n) is 10.7. The minimum Gasteiger partial charge on any atom is -0.383 e. The zero-order valence-corrected chi connectivity index (χ0v) is 11.5. The molecule has 4 heteroatoms. The highest BCUT2D eigenvalue weighted by Gasteiger charge is 2.40. The van der Waals surface area contributed by atoms with Crippen LogP contribution in [0.4, 0.5) is 0 Å². The summed E-state index contributed by atoms with van der Waals surface area (Å²) in [5, 5.41) is 2.14. The monoisotopic (exact) mass is 254 g/mol. The number of methoxy groups -OCH3 is 1. The van der Waals surface area contributed by atoms with E-state index in [1.54, 1.807) is 7.11 Å². The molecule has 96 valence electrons. The van der Waals surface area contributed by atoms with Crippen molar-refractivity contribution in [3.63, 3.8) is 0 Å². The van der Waals surface area contributed by atoms with E-state index in [2.05, 4.69) is 29.3 Å². The summed E-state index contributed by atoms with van der Waals surface area (Å²) in [6, 6.07) is 5.01. The molecule has 0 aromatic carbocycles. The number of hydrogen-bond donors (Lipinski definition) is 1. The van der Waals surface area contributed by atoms with E-state index in [-0.39, 0.29) is 5.54 Å². The van der Waals surface area contributed by atoms with Crippen molar-refractivity contribution in [2.24, 2.45) is 5.73 Å². The standard InChI is InChI=1S/C13H22N2OS/c1-13(9-14,10-16-2)15(11-5-6-11)8-12-4-3-7-17-12/h3-4,7,11H,5-6,8-10,14H2,1-2H3. The van der Waals surface area contributed by atoms with Gasteiger partial charge in [0.1, 0.15) is 0 Å². The molecule has 1 unspecified atom stereocenters. The Morgan fingerprint density at radius 2 is 2.35 bits per heavy atom. The highest BCUT2D eigenvalue weighted by atomic mass is 32.1. The molecule has 1 aromatic rings. The van der Waals surface area contributed by atoms with Gasteiger partial charge in [0, 0.05) is 31.1 Å². The lowest BCUT2D eigenvalue weighted by Crippen LogP contribution is -2.55. The summed E-state index contributed by atoms with van der Waals surface area (Å²) in [4.78, 5) is 3.94. The number of hydrogen-bond acceptors (Lipinski definition) is 4. The minimum absolute atomic E-state index is 0.0418. The summed E-state index contributed by atoms with van der Waals surface area (Å²) in [6.45, 7) is 4.55. The summed E-state index contributed by atoms with van der Waals surface area (Å²) in [7, 11) is 1.75. The van der Waals surface area contributed by atoms with E-state index >= 15 is 0 Å². The Morgan fingerprint density at radius 3 is 2.82 bits per heavy atom. The molecule has 2 rings (SSSR count). The fourth-order valence-corrected chi connectivity index (χ4v) is 2.99. The fraction of sp³-hybridized carbons (Fsp3) is 0.692. The van der Waals surface area contributed by atoms with Gasteiger partial charge in [-0.1, -0.05) is 6.07 Å². The third-order valence-corrected chi connectivity index (χ3v) is 4.34. The minimum atomic E-state index is -0.0418. The normalized spacial score (nSPS) is 19.5. The topological polar surface area (TPSA) is 38.5 Å². The highest BCUT2D eigenvalue weighted by Crippen LogP contribution is 2.34. The van der Waals surface area contributed by atoms with E-state index < -0.39 is 0 Å². The summed E-state index contributed by atoms with van der Waals surface area (Å²) in [6.07, 6.45) is 2.59. The quantitative estimate of drug-likeness (QED) is 0.809. The Kier molecular flexibility index (Phi) is 4.20. The highest BCUT2D eigenvalue weighted by molar-refractivity contribution is 7.09. The van der Waals surface area contributed by atoms with Crippen molar-refractivity contribution in [2.45, 2.75) is 37.9 Å². The van der Waals surface area contributed by atoms with E-state index in [4.69, 9.17) is 10.5 Å². The second kappa shape index (κ2) is 5.48. The molecule has 0 radical (unpaired) electrons. The van der Waals surface area contributed by atoms with Crippen LogP contribution in [0.15, 0.2) is 17.5 Å². The van der Waals surface area contributed by atoms with Crippen molar-refractivity contribution < 1.29 is 4.74 Å². The molecule has 0 aliphatic heterocycles. The van der Waals surface area contributed by atoms with Crippen LogP contribution in [-0.2, 0) is 11.3 Å². The maximum absolute atomic E-state index is 5.97. The van der Waals surface area contributed by atoms with Crippen LogP contribution in [0.2, 0.25) is 0 Å². The number of nitrogens with two attached hydrogens (primary N) is 1. The average Bonchev–Trinajstić information content (AvgIpc) is 3.03. The molecule has 1 aromatic heterocycles. The van der Waals surface area contributed by atoms with Crippen LogP contribution in [0.25, 0.3) is 0 Å². The van der Waals surface area contributed by atoms with Gasteiger partial charge in [0.05, 0.1) is 12.1 Å². The molecule has 1 atom stereocenters. The molecule has 0 saturated heterocycles. The SMILES string of the molecule is COCC(C)(CN)N(Cc1cccs1)C1CC1. The molecular formula is C13H22N2OS. The van der Waals surface area contributed by atoms with Gasteiger partial charge in [-0.2, -0.15) is 0 Å². The summed E-state index contributed by atoms with van der Waals surface area (Å²) in [5.74, 6) is 0. The summed E-state index contributed by atoms with van der Waals surface area (Å²) < 4.78 is 5.36. The second-order valence-corrected chi connectivity index (χ2v) is 6.10. The smallest absolute Gasteiger partial charge is 0.0656 e. The van der Waals surface area contributed by atoms with Crippen LogP contribution < -0.4 is 5.73 Å². The number of rotatable bonds is 7. The van der Waals surface area contributed by atoms with Gasteiger partial charge in [0.15, 0.2) is 0 Å². The average molecular weight is 254 g/mol. The van der Waals surface area contributed by atoms with Gasteiger partial charge in [-0.3, -0.25) is 4.90 Å². The molecule has 1 aliphatic carbocycles. The van der Waals surface area contributed by atoms with Gasteiger partial charge in [-0.15, -0.1) is 11.3 Å². The van der Waals surface area contributed by atoms with Gasteiger partial charge in [0.25, 0.3) is 0 Å². The molecule has 0 spiro atoms. The molecule has 1 fully saturated rings. The Morgan fingerprint density at radius 1 is 1.59 bits per heavy atom. The van der Waals surface area contributed by atoms with Gasteiger partial charge < -0.3 is 10.5 Å². The molecule has 0 amide bonds. The van der Waals surface area contributed by atoms with Crippen molar-refractivity contribution in [3.05, 3.63) is 22.4 Å². The van der Waals surface area contributed by atoms with Gasteiger partial charge >= 0.3 is 0 Å². The van der Waals surface area contributed by atoms with Crippen LogP contribution >= 0.6 is 11.3 Å². The Hall–Kier alpha value is -0.420. The Balaban J connectivity index is 2.10.